The van der Waals surface area contributed by atoms with Crippen LogP contribution in [0.5, 0.6) is 0 Å². The van der Waals surface area contributed by atoms with E-state index in [9.17, 15) is 9.59 Å². The van der Waals surface area contributed by atoms with Crippen molar-refractivity contribution in [2.45, 2.75) is 39.2 Å². The van der Waals surface area contributed by atoms with Crippen LogP contribution in [0.15, 0.2) is 0 Å². The van der Waals surface area contributed by atoms with E-state index in [0.29, 0.717) is 12.6 Å². The van der Waals surface area contributed by atoms with Gasteiger partial charge in [-0.25, -0.2) is 4.79 Å². The fraction of sp³-hybridized carbons (Fsp3) is 0.867. The van der Waals surface area contributed by atoms with Gasteiger partial charge in [0.15, 0.2) is 0 Å². The Morgan fingerprint density at radius 1 is 1.29 bits per heavy atom. The second-order valence-corrected chi connectivity index (χ2v) is 6.19. The number of carboxylic acid groups (broad SMARTS) is 1. The lowest BCUT2D eigenvalue weighted by Crippen LogP contribution is -2.46. The number of nitrogens with zero attached hydrogens (tertiary/aromatic N) is 3. The molecule has 0 aromatic heterocycles. The highest BCUT2D eigenvalue weighted by Gasteiger charge is 2.33. The number of likely N-dealkylation sites (tertiary alicyclic amines) is 2. The number of hydrogen-bond acceptors (Lipinski definition) is 3. The summed E-state index contributed by atoms with van der Waals surface area (Å²) in [6.07, 6.45) is 3.57. The smallest absolute Gasteiger partial charge is 0.320 e. The van der Waals surface area contributed by atoms with Crippen LogP contribution in [0.1, 0.15) is 33.1 Å². The maximum absolute atomic E-state index is 12.5. The average Bonchev–Trinajstić information content (AvgIpc) is 3.13. The third-order valence-corrected chi connectivity index (χ3v) is 4.66. The van der Waals surface area contributed by atoms with E-state index in [2.05, 4.69) is 4.90 Å². The highest BCUT2D eigenvalue weighted by Crippen LogP contribution is 2.21. The van der Waals surface area contributed by atoms with Crippen LogP contribution in [0, 0.1) is 5.92 Å². The van der Waals surface area contributed by atoms with Crippen LogP contribution in [0.2, 0.25) is 0 Å². The zero-order valence-electron chi connectivity index (χ0n) is 13.1. The molecule has 120 valence electrons. The molecule has 0 saturated carbocycles. The van der Waals surface area contributed by atoms with Crippen LogP contribution < -0.4 is 0 Å². The van der Waals surface area contributed by atoms with Gasteiger partial charge in [-0.15, -0.1) is 0 Å². The normalized spacial score (nSPS) is 24.3. The van der Waals surface area contributed by atoms with Crippen molar-refractivity contribution in [1.29, 1.82) is 0 Å². The summed E-state index contributed by atoms with van der Waals surface area (Å²) in [5.41, 5.74) is 0. The second kappa shape index (κ2) is 7.11. The van der Waals surface area contributed by atoms with E-state index >= 15 is 0 Å². The van der Waals surface area contributed by atoms with E-state index in [1.807, 2.05) is 11.8 Å². The van der Waals surface area contributed by atoms with Crippen molar-refractivity contribution in [2.24, 2.45) is 5.92 Å². The Balaban J connectivity index is 1.88. The predicted octanol–water partition coefficient (Wildman–Crippen LogP) is 1.32. The molecule has 0 radical (unpaired) electrons. The molecule has 1 N–H and O–H groups in total. The molecular weight excluding hydrogens is 270 g/mol. The largest absolute Gasteiger partial charge is 0.481 e. The Bertz CT molecular complexity index is 382. The SMILES string of the molecule is CCN(CC(C)C(=O)O)C(=O)N1CCC(N2CCCC2)C1. The third kappa shape index (κ3) is 3.87. The van der Waals surface area contributed by atoms with Gasteiger partial charge in [-0.05, 0) is 39.3 Å². The summed E-state index contributed by atoms with van der Waals surface area (Å²) in [4.78, 5) is 29.5. The van der Waals surface area contributed by atoms with Crippen LogP contribution in [0.4, 0.5) is 4.79 Å². The first-order valence-corrected chi connectivity index (χ1v) is 8.03. The van der Waals surface area contributed by atoms with Crippen LogP contribution in [0.25, 0.3) is 0 Å². The molecular formula is C15H27N3O3. The molecule has 2 fully saturated rings. The lowest BCUT2D eigenvalue weighted by atomic mass is 10.2. The summed E-state index contributed by atoms with van der Waals surface area (Å²) < 4.78 is 0. The Kier molecular flexibility index (Phi) is 5.45. The standard InChI is InChI=1S/C15H27N3O3/c1-3-16(10-12(2)14(19)20)15(21)18-9-6-13(11-18)17-7-4-5-8-17/h12-13H,3-11H2,1-2H3,(H,19,20). The van der Waals surface area contributed by atoms with E-state index < -0.39 is 11.9 Å². The summed E-state index contributed by atoms with van der Waals surface area (Å²) in [6, 6.07) is 0.486. The molecule has 2 unspecified atom stereocenters. The molecule has 21 heavy (non-hydrogen) atoms. The lowest BCUT2D eigenvalue weighted by molar-refractivity contribution is -0.141. The van der Waals surface area contributed by atoms with E-state index in [1.54, 1.807) is 11.8 Å². The van der Waals surface area contributed by atoms with Crippen LogP contribution in [-0.4, -0.2) is 77.1 Å². The van der Waals surface area contributed by atoms with Crippen molar-refractivity contribution in [2.75, 3.05) is 39.3 Å². The van der Waals surface area contributed by atoms with E-state index in [4.69, 9.17) is 5.11 Å². The van der Waals surface area contributed by atoms with Crippen molar-refractivity contribution < 1.29 is 14.7 Å². The summed E-state index contributed by atoms with van der Waals surface area (Å²) in [5.74, 6) is -1.37. The van der Waals surface area contributed by atoms with Crippen molar-refractivity contribution in [1.82, 2.24) is 14.7 Å². The number of rotatable bonds is 5. The van der Waals surface area contributed by atoms with Gasteiger partial charge < -0.3 is 14.9 Å². The molecule has 2 atom stereocenters. The highest BCUT2D eigenvalue weighted by atomic mass is 16.4. The first-order valence-electron chi connectivity index (χ1n) is 8.03. The summed E-state index contributed by atoms with van der Waals surface area (Å²) >= 11 is 0. The number of amides is 2. The van der Waals surface area contributed by atoms with Gasteiger partial charge in [0, 0.05) is 32.2 Å². The Labute approximate surface area is 126 Å². The van der Waals surface area contributed by atoms with Crippen molar-refractivity contribution in [3.8, 4) is 0 Å². The molecule has 0 aliphatic carbocycles. The fourth-order valence-corrected chi connectivity index (χ4v) is 3.27. The first kappa shape index (κ1) is 16.1. The molecule has 2 heterocycles. The van der Waals surface area contributed by atoms with Gasteiger partial charge >= 0.3 is 12.0 Å². The van der Waals surface area contributed by atoms with Crippen LogP contribution in [-0.2, 0) is 4.79 Å². The van der Waals surface area contributed by atoms with E-state index in [1.165, 1.54) is 12.8 Å². The molecule has 6 nitrogen and oxygen atoms in total. The molecule has 6 heteroatoms. The first-order chi connectivity index (χ1) is 10.0. The van der Waals surface area contributed by atoms with E-state index in [-0.39, 0.29) is 12.6 Å². The maximum Gasteiger partial charge on any atom is 0.320 e. The lowest BCUT2D eigenvalue weighted by Gasteiger charge is -2.29. The average molecular weight is 297 g/mol. The molecule has 0 bridgehead atoms. The van der Waals surface area contributed by atoms with Crippen molar-refractivity contribution >= 4 is 12.0 Å². The van der Waals surface area contributed by atoms with Gasteiger partial charge in [-0.1, -0.05) is 6.92 Å². The Hall–Kier alpha value is -1.30. The highest BCUT2D eigenvalue weighted by molar-refractivity contribution is 5.76. The number of carbonyl (C=O) groups is 2. The predicted molar refractivity (Wildman–Crippen MR) is 80.2 cm³/mol. The minimum Gasteiger partial charge on any atom is -0.481 e. The van der Waals surface area contributed by atoms with Gasteiger partial charge in [-0.3, -0.25) is 9.69 Å². The molecule has 2 saturated heterocycles. The third-order valence-electron chi connectivity index (χ3n) is 4.66. The molecule has 2 rings (SSSR count). The van der Waals surface area contributed by atoms with Crippen LogP contribution in [0.3, 0.4) is 0 Å². The number of carboxylic acids is 1. The minimum atomic E-state index is -0.849. The zero-order chi connectivity index (χ0) is 15.4. The quantitative estimate of drug-likeness (QED) is 0.831. The van der Waals surface area contributed by atoms with Crippen molar-refractivity contribution in [3.63, 3.8) is 0 Å². The minimum absolute atomic E-state index is 0.00713. The molecule has 0 spiro atoms. The topological polar surface area (TPSA) is 64.1 Å². The van der Waals surface area contributed by atoms with Gasteiger partial charge in [0.25, 0.3) is 0 Å². The molecule has 2 aliphatic heterocycles. The maximum atomic E-state index is 12.5. The summed E-state index contributed by atoms with van der Waals surface area (Å²) in [5, 5.41) is 9.00. The zero-order valence-corrected chi connectivity index (χ0v) is 13.1. The molecule has 0 aromatic rings. The number of urea groups is 1. The Morgan fingerprint density at radius 3 is 2.52 bits per heavy atom. The fourth-order valence-electron chi connectivity index (χ4n) is 3.27. The Morgan fingerprint density at radius 2 is 1.95 bits per heavy atom. The van der Waals surface area contributed by atoms with Gasteiger partial charge in [0.2, 0.25) is 0 Å². The van der Waals surface area contributed by atoms with Gasteiger partial charge in [-0.2, -0.15) is 0 Å². The van der Waals surface area contributed by atoms with Gasteiger partial charge in [0.1, 0.15) is 0 Å². The van der Waals surface area contributed by atoms with E-state index in [0.717, 1.165) is 32.6 Å². The molecule has 0 aromatic carbocycles. The van der Waals surface area contributed by atoms with Crippen LogP contribution >= 0.6 is 0 Å². The molecule has 2 aliphatic rings. The number of aliphatic carboxylic acids is 1. The second-order valence-electron chi connectivity index (χ2n) is 6.19. The van der Waals surface area contributed by atoms with Gasteiger partial charge in [0.05, 0.1) is 5.92 Å². The number of carbonyl (C=O) groups excluding carboxylic acids is 1. The van der Waals surface area contributed by atoms with Crippen molar-refractivity contribution in [3.05, 3.63) is 0 Å². The summed E-state index contributed by atoms with van der Waals surface area (Å²) in [6.45, 7) is 8.28. The summed E-state index contributed by atoms with van der Waals surface area (Å²) in [7, 11) is 0. The number of hydrogen-bond donors (Lipinski definition) is 1. The monoisotopic (exact) mass is 297 g/mol. The molecule has 2 amide bonds.